The third-order valence-corrected chi connectivity index (χ3v) is 11.5. The van der Waals surface area contributed by atoms with Gasteiger partial charge in [-0.1, -0.05) is 32.0 Å². The molecule has 8 rings (SSSR count). The number of rotatable bonds is 8. The second-order valence-corrected chi connectivity index (χ2v) is 15.1. The normalized spacial score (nSPS) is 31.4. The van der Waals surface area contributed by atoms with Crippen molar-refractivity contribution in [1.29, 1.82) is 0 Å². The van der Waals surface area contributed by atoms with E-state index in [2.05, 4.69) is 55.3 Å². The maximum absolute atomic E-state index is 14.3. The molecule has 6 nitrogen and oxygen atoms in total. The van der Waals surface area contributed by atoms with Gasteiger partial charge in [0.05, 0.1) is 12.8 Å². The topological polar surface area (TPSA) is 78.3 Å². The van der Waals surface area contributed by atoms with Gasteiger partial charge in [0.25, 0.3) is 0 Å². The van der Waals surface area contributed by atoms with Crippen molar-refractivity contribution in [1.82, 2.24) is 15.2 Å². The molecule has 2 aromatic heterocycles. The highest BCUT2D eigenvalue weighted by atomic mass is 16.3. The fourth-order valence-electron chi connectivity index (χ4n) is 9.63. The van der Waals surface area contributed by atoms with Crippen LogP contribution in [0.2, 0.25) is 0 Å². The largest absolute Gasteiger partial charge is 0.467 e. The monoisotopic (exact) mass is 555 g/mol. The van der Waals surface area contributed by atoms with Crippen LogP contribution in [0.5, 0.6) is 0 Å². The minimum Gasteiger partial charge on any atom is -0.467 e. The summed E-state index contributed by atoms with van der Waals surface area (Å²) in [4.78, 5) is 33.8. The molecule has 2 amide bonds. The summed E-state index contributed by atoms with van der Waals surface area (Å²) in [6.45, 7) is 10.8. The van der Waals surface area contributed by atoms with Gasteiger partial charge in [0, 0.05) is 28.6 Å². The molecule has 0 spiro atoms. The van der Waals surface area contributed by atoms with E-state index in [1.165, 1.54) is 35.9 Å². The Kier molecular flexibility index (Phi) is 6.05. The Hall–Kier alpha value is -3.02. The van der Waals surface area contributed by atoms with Crippen LogP contribution >= 0.6 is 0 Å². The van der Waals surface area contributed by atoms with E-state index in [0.29, 0.717) is 12.2 Å². The Morgan fingerprint density at radius 1 is 1.02 bits per heavy atom. The number of fused-ring (bicyclic) bond motifs is 1. The average Bonchev–Trinajstić information content (AvgIpc) is 3.27. The number of amides is 2. The molecule has 5 aliphatic carbocycles. The van der Waals surface area contributed by atoms with Gasteiger partial charge in [0.15, 0.2) is 0 Å². The lowest BCUT2D eigenvalue weighted by Gasteiger charge is -2.57. The van der Waals surface area contributed by atoms with Crippen molar-refractivity contribution in [3.8, 4) is 0 Å². The molecule has 0 unspecified atom stereocenters. The van der Waals surface area contributed by atoms with Gasteiger partial charge >= 0.3 is 0 Å². The van der Waals surface area contributed by atoms with E-state index in [1.54, 1.807) is 11.2 Å². The van der Waals surface area contributed by atoms with Gasteiger partial charge in [-0.25, -0.2) is 0 Å². The van der Waals surface area contributed by atoms with Crippen LogP contribution in [0.1, 0.15) is 95.6 Å². The fourth-order valence-corrected chi connectivity index (χ4v) is 9.63. The molecule has 4 bridgehead atoms. The second kappa shape index (κ2) is 9.24. The Morgan fingerprint density at radius 2 is 1.68 bits per heavy atom. The SMILES string of the molecule is Cc1[nH]c2ccccc2c1[C@@H]1[C@H](CC(=O)N(Cc2ccco2)C(C)(C)C(=O)NC23CC4CC(CC(C4)C2)C3)C1(C)C. The van der Waals surface area contributed by atoms with Crippen molar-refractivity contribution in [2.75, 3.05) is 0 Å². The van der Waals surface area contributed by atoms with Gasteiger partial charge < -0.3 is 19.6 Å². The first-order chi connectivity index (χ1) is 19.5. The summed E-state index contributed by atoms with van der Waals surface area (Å²) in [6.07, 6.45) is 9.31. The Balaban J connectivity index is 1.13. The standard InChI is InChI=1S/C35H45N3O3/c1-21-30(26-10-6-7-11-28(26)36-21)31-27(33(31,2)3)16-29(39)38(20-25-9-8-12-41-25)34(4,5)32(40)37-35-17-22-13-23(18-35)15-24(14-22)19-35/h6-12,22-24,27,31,36H,13-20H2,1-5H3,(H,37,40)/t22?,23?,24?,27-,31-,35?/m0/s1. The van der Waals surface area contributed by atoms with E-state index in [-0.39, 0.29) is 41.1 Å². The first kappa shape index (κ1) is 26.9. The van der Waals surface area contributed by atoms with Crippen LogP contribution in [0, 0.1) is 36.0 Å². The summed E-state index contributed by atoms with van der Waals surface area (Å²) in [7, 11) is 0. The number of para-hydroxylation sites is 1. The number of carbonyl (C=O) groups excluding carboxylic acids is 2. The van der Waals surface area contributed by atoms with E-state index >= 15 is 0 Å². The molecule has 0 aliphatic heterocycles. The molecule has 5 fully saturated rings. The minimum atomic E-state index is -1.00. The molecular formula is C35H45N3O3. The van der Waals surface area contributed by atoms with Gasteiger partial charge in [-0.3, -0.25) is 9.59 Å². The molecule has 2 heterocycles. The molecule has 2 N–H and O–H groups in total. The van der Waals surface area contributed by atoms with Gasteiger partial charge in [-0.05, 0) is 118 Å². The third-order valence-electron chi connectivity index (χ3n) is 11.5. The Morgan fingerprint density at radius 3 is 2.32 bits per heavy atom. The number of nitrogens with one attached hydrogen (secondary N) is 2. The van der Waals surface area contributed by atoms with Crippen LogP contribution in [0.4, 0.5) is 0 Å². The van der Waals surface area contributed by atoms with E-state index in [1.807, 2.05) is 26.0 Å². The summed E-state index contributed by atoms with van der Waals surface area (Å²) in [5.74, 6) is 3.41. The molecule has 5 saturated carbocycles. The lowest BCUT2D eigenvalue weighted by molar-refractivity contribution is -0.150. The minimum absolute atomic E-state index is 0.00661. The van der Waals surface area contributed by atoms with Crippen molar-refractivity contribution >= 4 is 22.7 Å². The molecule has 0 radical (unpaired) electrons. The highest BCUT2D eigenvalue weighted by Crippen LogP contribution is 2.67. The predicted molar refractivity (Wildman–Crippen MR) is 160 cm³/mol. The molecule has 1 aromatic carbocycles. The Labute approximate surface area is 243 Å². The van der Waals surface area contributed by atoms with Crippen LogP contribution in [0.3, 0.4) is 0 Å². The lowest BCUT2D eigenvalue weighted by Crippen LogP contribution is -2.65. The number of carbonyl (C=O) groups is 2. The van der Waals surface area contributed by atoms with E-state index in [9.17, 15) is 9.59 Å². The number of aryl methyl sites for hydroxylation is 1. The number of hydrogen-bond acceptors (Lipinski definition) is 3. The molecular weight excluding hydrogens is 510 g/mol. The number of furan rings is 1. The van der Waals surface area contributed by atoms with Crippen LogP contribution < -0.4 is 5.32 Å². The van der Waals surface area contributed by atoms with Crippen LogP contribution in [0.25, 0.3) is 10.9 Å². The zero-order valence-corrected chi connectivity index (χ0v) is 25.3. The van der Waals surface area contributed by atoms with E-state index in [4.69, 9.17) is 4.42 Å². The number of benzene rings is 1. The first-order valence-electron chi connectivity index (χ1n) is 15.7. The van der Waals surface area contributed by atoms with Crippen molar-refractivity contribution in [3.05, 3.63) is 59.7 Å². The Bertz CT molecular complexity index is 1440. The summed E-state index contributed by atoms with van der Waals surface area (Å²) in [5, 5.41) is 4.81. The number of nitrogens with zero attached hydrogens (tertiary/aromatic N) is 1. The molecule has 218 valence electrons. The van der Waals surface area contributed by atoms with Crippen molar-refractivity contribution in [3.63, 3.8) is 0 Å². The molecule has 5 aliphatic rings. The fraction of sp³-hybridized carbons (Fsp3) is 0.600. The van der Waals surface area contributed by atoms with Crippen molar-refractivity contribution in [2.24, 2.45) is 29.1 Å². The quantitative estimate of drug-likeness (QED) is 0.311. The molecule has 3 aromatic rings. The van der Waals surface area contributed by atoms with Gasteiger partial charge in [-0.15, -0.1) is 0 Å². The number of hydrogen-bond donors (Lipinski definition) is 2. The number of aromatic amines is 1. The third kappa shape index (κ3) is 4.44. The summed E-state index contributed by atoms with van der Waals surface area (Å²) in [6, 6.07) is 12.2. The predicted octanol–water partition coefficient (Wildman–Crippen LogP) is 7.09. The van der Waals surface area contributed by atoms with Crippen LogP contribution in [0.15, 0.2) is 47.1 Å². The molecule has 6 heteroatoms. The van der Waals surface area contributed by atoms with Crippen LogP contribution in [-0.4, -0.2) is 32.8 Å². The zero-order chi connectivity index (χ0) is 28.7. The highest BCUT2D eigenvalue weighted by Gasteiger charge is 2.60. The second-order valence-electron chi connectivity index (χ2n) is 15.1. The van der Waals surface area contributed by atoms with Crippen molar-refractivity contribution < 1.29 is 14.0 Å². The highest BCUT2D eigenvalue weighted by molar-refractivity contribution is 5.92. The van der Waals surface area contributed by atoms with Gasteiger partial charge in [0.1, 0.15) is 11.3 Å². The molecule has 0 saturated heterocycles. The maximum Gasteiger partial charge on any atom is 0.245 e. The first-order valence-corrected chi connectivity index (χ1v) is 15.7. The van der Waals surface area contributed by atoms with Crippen LogP contribution in [-0.2, 0) is 16.1 Å². The molecule has 41 heavy (non-hydrogen) atoms. The summed E-state index contributed by atoms with van der Waals surface area (Å²) < 4.78 is 5.70. The smallest absolute Gasteiger partial charge is 0.245 e. The van der Waals surface area contributed by atoms with Gasteiger partial charge in [0.2, 0.25) is 11.8 Å². The van der Waals surface area contributed by atoms with E-state index < -0.39 is 5.54 Å². The average molecular weight is 556 g/mol. The zero-order valence-electron chi connectivity index (χ0n) is 25.3. The number of aromatic nitrogens is 1. The molecule has 2 atom stereocenters. The van der Waals surface area contributed by atoms with Crippen molar-refractivity contribution in [2.45, 2.75) is 103 Å². The summed E-state index contributed by atoms with van der Waals surface area (Å²) >= 11 is 0. The maximum atomic E-state index is 14.3. The number of H-pyrrole nitrogens is 1. The summed E-state index contributed by atoms with van der Waals surface area (Å²) in [5.41, 5.74) is 2.56. The van der Waals surface area contributed by atoms with Gasteiger partial charge in [-0.2, -0.15) is 0 Å². The van der Waals surface area contributed by atoms with E-state index in [0.717, 1.165) is 42.5 Å². The lowest BCUT2D eigenvalue weighted by atomic mass is 9.53.